The molecule has 4 heteroatoms. The first-order chi connectivity index (χ1) is 6.11. The van der Waals surface area contributed by atoms with E-state index in [4.69, 9.17) is 0 Å². The fraction of sp³-hybridized carbons (Fsp3) is 0.778. The molecule has 0 aromatic heterocycles. The number of rotatable bonds is 3. The number of Topliss-reactive ketones (excluding diaryl/α,β-unsaturated/α-hetero) is 1. The van der Waals surface area contributed by atoms with Crippen molar-refractivity contribution >= 4 is 22.7 Å². The number of amidine groups is 1. The molecule has 0 saturated heterocycles. The Kier molecular flexibility index (Phi) is 3.78. The van der Waals surface area contributed by atoms with Crippen LogP contribution in [0.4, 0.5) is 0 Å². The zero-order chi connectivity index (χ0) is 9.84. The van der Waals surface area contributed by atoms with Crippen LogP contribution in [0.1, 0.15) is 20.8 Å². The third kappa shape index (κ3) is 3.03. The number of carbonyl (C=O) groups is 1. The number of thioether (sulfide) groups is 1. The van der Waals surface area contributed by atoms with E-state index in [2.05, 4.69) is 10.3 Å². The lowest BCUT2D eigenvalue weighted by atomic mass is 10.0. The molecule has 74 valence electrons. The maximum Gasteiger partial charge on any atom is 0.157 e. The molecule has 1 aliphatic rings. The smallest absolute Gasteiger partial charge is 0.157 e. The summed E-state index contributed by atoms with van der Waals surface area (Å²) in [5.74, 6) is 1.54. The lowest BCUT2D eigenvalue weighted by Crippen LogP contribution is -2.41. The highest BCUT2D eigenvalue weighted by Gasteiger charge is 2.20. The van der Waals surface area contributed by atoms with E-state index in [0.717, 1.165) is 17.5 Å². The second-order valence-electron chi connectivity index (χ2n) is 3.51. The SMILES string of the molecule is CC(=O)[C@H](NC1=NCCS1)C(C)C. The van der Waals surface area contributed by atoms with E-state index in [1.165, 1.54) is 0 Å². The Balaban J connectivity index is 2.51. The second-order valence-corrected chi connectivity index (χ2v) is 4.60. The maximum absolute atomic E-state index is 11.2. The number of aliphatic imine (C=N–C) groups is 1. The lowest BCUT2D eigenvalue weighted by molar-refractivity contribution is -0.119. The van der Waals surface area contributed by atoms with Gasteiger partial charge in [0.2, 0.25) is 0 Å². The standard InChI is InChI=1S/C9H16N2OS/c1-6(2)8(7(3)12)11-9-10-4-5-13-9/h6,8H,4-5H2,1-3H3,(H,10,11)/t8-/m1/s1. The van der Waals surface area contributed by atoms with E-state index < -0.39 is 0 Å². The third-order valence-corrected chi connectivity index (χ3v) is 2.88. The van der Waals surface area contributed by atoms with Gasteiger partial charge in [-0.2, -0.15) is 0 Å². The van der Waals surface area contributed by atoms with Gasteiger partial charge in [0.15, 0.2) is 11.0 Å². The Labute approximate surface area is 83.4 Å². The average Bonchev–Trinajstić information content (AvgIpc) is 2.50. The van der Waals surface area contributed by atoms with E-state index in [1.807, 2.05) is 13.8 Å². The van der Waals surface area contributed by atoms with Crippen LogP contribution in [0, 0.1) is 5.92 Å². The topological polar surface area (TPSA) is 41.5 Å². The average molecular weight is 200 g/mol. The van der Waals surface area contributed by atoms with E-state index in [1.54, 1.807) is 18.7 Å². The fourth-order valence-corrected chi connectivity index (χ4v) is 2.06. The minimum absolute atomic E-state index is 0.0793. The monoisotopic (exact) mass is 200 g/mol. The first-order valence-corrected chi connectivity index (χ1v) is 5.54. The summed E-state index contributed by atoms with van der Waals surface area (Å²) in [6.07, 6.45) is 0. The summed E-state index contributed by atoms with van der Waals surface area (Å²) in [4.78, 5) is 15.5. The molecule has 0 spiro atoms. The number of ketones is 1. The zero-order valence-corrected chi connectivity index (χ0v) is 9.15. The lowest BCUT2D eigenvalue weighted by Gasteiger charge is -2.19. The molecule has 3 nitrogen and oxygen atoms in total. The first-order valence-electron chi connectivity index (χ1n) is 4.55. The molecule has 0 aromatic rings. The van der Waals surface area contributed by atoms with Crippen LogP contribution in [0.15, 0.2) is 4.99 Å². The van der Waals surface area contributed by atoms with Crippen LogP contribution in [-0.2, 0) is 4.79 Å². The molecule has 0 radical (unpaired) electrons. The summed E-state index contributed by atoms with van der Waals surface area (Å²) in [6.45, 7) is 6.58. The van der Waals surface area contributed by atoms with Gasteiger partial charge < -0.3 is 5.32 Å². The Hall–Kier alpha value is -0.510. The molecule has 1 atom stereocenters. The molecule has 1 heterocycles. The van der Waals surface area contributed by atoms with Gasteiger partial charge in [-0.1, -0.05) is 25.6 Å². The van der Waals surface area contributed by atoms with Crippen molar-refractivity contribution in [2.75, 3.05) is 12.3 Å². The van der Waals surface area contributed by atoms with E-state index >= 15 is 0 Å². The Morgan fingerprint density at radius 2 is 2.31 bits per heavy atom. The van der Waals surface area contributed by atoms with Gasteiger partial charge in [0.1, 0.15) is 0 Å². The normalized spacial score (nSPS) is 18.6. The molecular weight excluding hydrogens is 184 g/mol. The van der Waals surface area contributed by atoms with Gasteiger partial charge in [0.05, 0.1) is 12.6 Å². The van der Waals surface area contributed by atoms with Crippen LogP contribution in [0.2, 0.25) is 0 Å². The Morgan fingerprint density at radius 3 is 2.69 bits per heavy atom. The number of hydrogen-bond donors (Lipinski definition) is 1. The van der Waals surface area contributed by atoms with Gasteiger partial charge in [-0.3, -0.25) is 9.79 Å². The van der Waals surface area contributed by atoms with Crippen LogP contribution < -0.4 is 5.32 Å². The Morgan fingerprint density at radius 1 is 1.62 bits per heavy atom. The van der Waals surface area contributed by atoms with Crippen molar-refractivity contribution in [3.8, 4) is 0 Å². The molecule has 0 aliphatic carbocycles. The van der Waals surface area contributed by atoms with Crippen LogP contribution in [0.3, 0.4) is 0 Å². The molecule has 0 unspecified atom stereocenters. The van der Waals surface area contributed by atoms with E-state index in [-0.39, 0.29) is 11.8 Å². The summed E-state index contributed by atoms with van der Waals surface area (Å²) in [5.41, 5.74) is 0. The van der Waals surface area contributed by atoms with Crippen LogP contribution in [-0.4, -0.2) is 29.3 Å². The van der Waals surface area contributed by atoms with Gasteiger partial charge >= 0.3 is 0 Å². The summed E-state index contributed by atoms with van der Waals surface area (Å²) in [5, 5.41) is 4.10. The molecule has 0 bridgehead atoms. The van der Waals surface area contributed by atoms with Crippen LogP contribution in [0.25, 0.3) is 0 Å². The van der Waals surface area contributed by atoms with Crippen molar-refractivity contribution in [1.29, 1.82) is 0 Å². The van der Waals surface area contributed by atoms with Crippen molar-refractivity contribution < 1.29 is 4.79 Å². The number of carbonyl (C=O) groups excluding carboxylic acids is 1. The van der Waals surface area contributed by atoms with Crippen LogP contribution in [0.5, 0.6) is 0 Å². The second kappa shape index (κ2) is 4.65. The summed E-state index contributed by atoms with van der Waals surface area (Å²) >= 11 is 1.69. The quantitative estimate of drug-likeness (QED) is 0.746. The largest absolute Gasteiger partial charge is 0.355 e. The van der Waals surface area contributed by atoms with Crippen molar-refractivity contribution in [3.63, 3.8) is 0 Å². The van der Waals surface area contributed by atoms with Crippen molar-refractivity contribution in [2.24, 2.45) is 10.9 Å². The predicted octanol–water partition coefficient (Wildman–Crippen LogP) is 1.29. The van der Waals surface area contributed by atoms with Crippen molar-refractivity contribution in [1.82, 2.24) is 5.32 Å². The molecule has 0 fully saturated rings. The fourth-order valence-electron chi connectivity index (χ4n) is 1.29. The highest BCUT2D eigenvalue weighted by molar-refractivity contribution is 8.14. The summed E-state index contributed by atoms with van der Waals surface area (Å²) < 4.78 is 0. The third-order valence-electron chi connectivity index (χ3n) is 1.97. The highest BCUT2D eigenvalue weighted by atomic mass is 32.2. The zero-order valence-electron chi connectivity index (χ0n) is 8.33. The molecule has 13 heavy (non-hydrogen) atoms. The molecule has 0 amide bonds. The van der Waals surface area contributed by atoms with Gasteiger partial charge in [0, 0.05) is 5.75 Å². The molecule has 0 saturated carbocycles. The number of nitrogens with one attached hydrogen (secondary N) is 1. The maximum atomic E-state index is 11.2. The van der Waals surface area contributed by atoms with Gasteiger partial charge in [-0.25, -0.2) is 0 Å². The summed E-state index contributed by atoms with van der Waals surface area (Å²) in [7, 11) is 0. The first kappa shape index (κ1) is 10.6. The number of nitrogens with zero attached hydrogens (tertiary/aromatic N) is 1. The Bertz CT molecular complexity index is 226. The van der Waals surface area contributed by atoms with Crippen molar-refractivity contribution in [2.45, 2.75) is 26.8 Å². The predicted molar refractivity (Wildman–Crippen MR) is 57.2 cm³/mol. The van der Waals surface area contributed by atoms with E-state index in [0.29, 0.717) is 5.92 Å². The van der Waals surface area contributed by atoms with Gasteiger partial charge in [-0.05, 0) is 12.8 Å². The minimum atomic E-state index is -0.0793. The highest BCUT2D eigenvalue weighted by Crippen LogP contribution is 2.12. The van der Waals surface area contributed by atoms with Crippen LogP contribution >= 0.6 is 11.8 Å². The molecular formula is C9H16N2OS. The van der Waals surface area contributed by atoms with E-state index in [9.17, 15) is 4.79 Å². The van der Waals surface area contributed by atoms with Gasteiger partial charge in [0.25, 0.3) is 0 Å². The molecule has 1 aliphatic heterocycles. The minimum Gasteiger partial charge on any atom is -0.355 e. The molecule has 0 aromatic carbocycles. The summed E-state index contributed by atoms with van der Waals surface area (Å²) in [6, 6.07) is -0.0793. The molecule has 1 rings (SSSR count). The van der Waals surface area contributed by atoms with Crippen molar-refractivity contribution in [3.05, 3.63) is 0 Å². The number of hydrogen-bond acceptors (Lipinski definition) is 4. The van der Waals surface area contributed by atoms with Gasteiger partial charge in [-0.15, -0.1) is 0 Å². The molecule has 1 N–H and O–H groups in total.